The number of rotatable bonds is 4. The van der Waals surface area contributed by atoms with E-state index in [1.807, 2.05) is 43.0 Å². The molecule has 1 aromatic heterocycles. The van der Waals surface area contributed by atoms with Gasteiger partial charge in [-0.15, -0.1) is 11.3 Å². The molecule has 0 bridgehead atoms. The minimum atomic E-state index is -1.09. The number of urea groups is 1. The van der Waals surface area contributed by atoms with Crippen LogP contribution in [0.25, 0.3) is 10.1 Å². The van der Waals surface area contributed by atoms with Crippen LogP contribution >= 0.6 is 11.3 Å². The van der Waals surface area contributed by atoms with E-state index >= 15 is 0 Å². The van der Waals surface area contributed by atoms with Crippen molar-refractivity contribution in [2.24, 2.45) is 0 Å². The lowest BCUT2D eigenvalue weighted by atomic mass is 9.89. The highest BCUT2D eigenvalue weighted by Gasteiger charge is 2.56. The molecule has 3 saturated heterocycles. The van der Waals surface area contributed by atoms with E-state index in [0.29, 0.717) is 36.6 Å². The predicted molar refractivity (Wildman–Crippen MR) is 141 cm³/mol. The number of imide groups is 1. The summed E-state index contributed by atoms with van der Waals surface area (Å²) in [6.45, 7) is 6.01. The number of nitrogens with zero attached hydrogens (tertiary/aromatic N) is 3. The van der Waals surface area contributed by atoms with Gasteiger partial charge in [0.25, 0.3) is 11.8 Å². The van der Waals surface area contributed by atoms with Gasteiger partial charge in [-0.1, -0.05) is 18.2 Å². The Morgan fingerprint density at radius 2 is 1.86 bits per heavy atom. The molecule has 0 saturated carbocycles. The largest absolute Gasteiger partial charge is 0.431 e. The first-order chi connectivity index (χ1) is 17.7. The van der Waals surface area contributed by atoms with Crippen molar-refractivity contribution in [1.29, 1.82) is 0 Å². The van der Waals surface area contributed by atoms with Crippen molar-refractivity contribution >= 4 is 50.4 Å². The topological polar surface area (TPSA) is 111 Å². The van der Waals surface area contributed by atoms with Crippen LogP contribution in [-0.2, 0) is 9.53 Å². The van der Waals surface area contributed by atoms with Crippen LogP contribution in [0.5, 0.6) is 0 Å². The molecule has 1 spiro atoms. The molecule has 2 aromatic rings. The molecule has 37 heavy (non-hydrogen) atoms. The van der Waals surface area contributed by atoms with Gasteiger partial charge in [-0.2, -0.15) is 0 Å². The van der Waals surface area contributed by atoms with E-state index < -0.39 is 11.7 Å². The minimum absolute atomic E-state index is 0.0927. The molecule has 1 unspecified atom stereocenters. The molecular formula is C26H33N5O5S. The van der Waals surface area contributed by atoms with Gasteiger partial charge in [-0.05, 0) is 52.1 Å². The van der Waals surface area contributed by atoms with Crippen molar-refractivity contribution in [3.63, 3.8) is 0 Å². The standard InChI is InChI=1S/C26H33N5O5S/c1-16(2)31-23(33)26(36-25(31)35)11-6-12-30(15-26)17-9-13-29(14-10-17)22(32)20-18-7-4-5-8-19(18)37-21(20)28-24(34)27-3/h4-5,7-8,16-17H,6,9-15H2,1-3H3,(H2,27,28,34). The molecular weight excluding hydrogens is 494 g/mol. The highest BCUT2D eigenvalue weighted by molar-refractivity contribution is 7.23. The van der Waals surface area contributed by atoms with E-state index in [-0.39, 0.29) is 29.9 Å². The van der Waals surface area contributed by atoms with E-state index in [4.69, 9.17) is 4.74 Å². The molecule has 4 heterocycles. The Balaban J connectivity index is 1.28. The summed E-state index contributed by atoms with van der Waals surface area (Å²) < 4.78 is 6.63. The SMILES string of the molecule is CNC(=O)Nc1sc2ccccc2c1C(=O)N1CCC(N2CCCC3(C2)OC(=O)N(C(C)C)C3=O)CC1. The number of amides is 5. The van der Waals surface area contributed by atoms with Crippen molar-refractivity contribution < 1.29 is 23.9 Å². The van der Waals surface area contributed by atoms with Crippen LogP contribution in [0.1, 0.15) is 49.9 Å². The predicted octanol–water partition coefficient (Wildman–Crippen LogP) is 3.48. The molecule has 11 heteroatoms. The maximum atomic E-state index is 13.7. The summed E-state index contributed by atoms with van der Waals surface area (Å²) in [7, 11) is 1.54. The van der Waals surface area contributed by atoms with Gasteiger partial charge in [0.2, 0.25) is 5.60 Å². The van der Waals surface area contributed by atoms with E-state index in [9.17, 15) is 19.2 Å². The normalized spacial score (nSPS) is 23.2. The quantitative estimate of drug-likeness (QED) is 0.630. The number of hydrogen-bond acceptors (Lipinski definition) is 7. The highest BCUT2D eigenvalue weighted by Crippen LogP contribution is 2.38. The molecule has 3 aliphatic rings. The van der Waals surface area contributed by atoms with Crippen LogP contribution in [0.15, 0.2) is 24.3 Å². The second kappa shape index (κ2) is 9.94. The Labute approximate surface area is 219 Å². The summed E-state index contributed by atoms with van der Waals surface area (Å²) in [5.41, 5.74) is -0.570. The Kier molecular flexibility index (Phi) is 6.84. The maximum absolute atomic E-state index is 13.7. The zero-order chi connectivity index (χ0) is 26.3. The van der Waals surface area contributed by atoms with E-state index in [1.54, 1.807) is 7.05 Å². The van der Waals surface area contributed by atoms with Crippen LogP contribution < -0.4 is 10.6 Å². The monoisotopic (exact) mass is 527 g/mol. The van der Waals surface area contributed by atoms with Crippen molar-refractivity contribution in [3.05, 3.63) is 29.8 Å². The van der Waals surface area contributed by atoms with Gasteiger partial charge in [0.05, 0.1) is 5.56 Å². The summed E-state index contributed by atoms with van der Waals surface area (Å²) in [5, 5.41) is 6.74. The number of thiophene rings is 1. The Morgan fingerprint density at radius 3 is 2.54 bits per heavy atom. The number of likely N-dealkylation sites (tertiary alicyclic amines) is 2. The number of piperidine rings is 2. The third-order valence-electron chi connectivity index (χ3n) is 7.62. The second-order valence-corrected chi connectivity index (χ2v) is 11.3. The molecule has 1 atom stereocenters. The number of fused-ring (bicyclic) bond motifs is 1. The zero-order valence-electron chi connectivity index (χ0n) is 21.4. The molecule has 3 aliphatic heterocycles. The lowest BCUT2D eigenvalue weighted by molar-refractivity contribution is -0.143. The van der Waals surface area contributed by atoms with Crippen molar-refractivity contribution in [2.45, 2.75) is 57.2 Å². The second-order valence-electron chi connectivity index (χ2n) is 10.2. The van der Waals surface area contributed by atoms with Crippen LogP contribution in [-0.4, -0.2) is 89.5 Å². The van der Waals surface area contributed by atoms with Crippen LogP contribution in [0.4, 0.5) is 14.6 Å². The summed E-state index contributed by atoms with van der Waals surface area (Å²) in [4.78, 5) is 56.6. The number of benzene rings is 1. The number of nitrogens with one attached hydrogen (secondary N) is 2. The summed E-state index contributed by atoms with van der Waals surface area (Å²) in [6.07, 6.45) is 2.29. The number of hydrogen-bond donors (Lipinski definition) is 2. The van der Waals surface area contributed by atoms with Gasteiger partial charge >= 0.3 is 12.1 Å². The minimum Gasteiger partial charge on any atom is -0.431 e. The molecule has 10 nitrogen and oxygen atoms in total. The Hall–Kier alpha value is -3.18. The fourth-order valence-corrected chi connectivity index (χ4v) is 6.82. The van der Waals surface area contributed by atoms with Crippen LogP contribution in [0.3, 0.4) is 0 Å². The Bertz CT molecular complexity index is 1240. The maximum Gasteiger partial charge on any atom is 0.418 e. The van der Waals surface area contributed by atoms with Gasteiger partial charge < -0.3 is 15.0 Å². The van der Waals surface area contributed by atoms with Crippen molar-refractivity contribution in [2.75, 3.05) is 38.5 Å². The molecule has 3 fully saturated rings. The van der Waals surface area contributed by atoms with E-state index in [1.165, 1.54) is 16.2 Å². The summed E-state index contributed by atoms with van der Waals surface area (Å²) in [6, 6.07) is 7.27. The third-order valence-corrected chi connectivity index (χ3v) is 8.71. The average molecular weight is 528 g/mol. The first-order valence-electron chi connectivity index (χ1n) is 12.8. The number of ether oxygens (including phenoxy) is 1. The number of carbonyl (C=O) groups excluding carboxylic acids is 4. The molecule has 1 aromatic carbocycles. The fraction of sp³-hybridized carbons (Fsp3) is 0.538. The van der Waals surface area contributed by atoms with E-state index in [0.717, 1.165) is 35.9 Å². The van der Waals surface area contributed by atoms with Gasteiger partial charge in [-0.3, -0.25) is 19.8 Å². The van der Waals surface area contributed by atoms with Gasteiger partial charge in [0.15, 0.2) is 0 Å². The zero-order valence-corrected chi connectivity index (χ0v) is 22.2. The lowest BCUT2D eigenvalue weighted by Gasteiger charge is -2.44. The van der Waals surface area contributed by atoms with Gasteiger partial charge in [0.1, 0.15) is 5.00 Å². The average Bonchev–Trinajstić information content (AvgIpc) is 3.36. The molecule has 198 valence electrons. The molecule has 2 N–H and O–H groups in total. The number of anilines is 1. The van der Waals surface area contributed by atoms with Crippen molar-refractivity contribution in [1.82, 2.24) is 20.0 Å². The number of carbonyl (C=O) groups is 4. The van der Waals surface area contributed by atoms with Crippen LogP contribution in [0, 0.1) is 0 Å². The first-order valence-corrected chi connectivity index (χ1v) is 13.7. The lowest BCUT2D eigenvalue weighted by Crippen LogP contribution is -2.58. The van der Waals surface area contributed by atoms with Gasteiger partial charge in [0, 0.05) is 48.9 Å². The molecule has 5 rings (SSSR count). The first kappa shape index (κ1) is 25.5. The summed E-state index contributed by atoms with van der Waals surface area (Å²) in [5.74, 6) is -0.324. The third kappa shape index (κ3) is 4.54. The Morgan fingerprint density at radius 1 is 1.14 bits per heavy atom. The smallest absolute Gasteiger partial charge is 0.418 e. The molecule has 0 radical (unpaired) electrons. The highest BCUT2D eigenvalue weighted by atomic mass is 32.1. The van der Waals surface area contributed by atoms with E-state index in [2.05, 4.69) is 15.5 Å². The summed E-state index contributed by atoms with van der Waals surface area (Å²) >= 11 is 1.39. The molecule has 0 aliphatic carbocycles. The van der Waals surface area contributed by atoms with Crippen LogP contribution in [0.2, 0.25) is 0 Å². The van der Waals surface area contributed by atoms with Crippen molar-refractivity contribution in [3.8, 4) is 0 Å². The fourth-order valence-electron chi connectivity index (χ4n) is 5.73. The molecule has 5 amide bonds. The van der Waals surface area contributed by atoms with Gasteiger partial charge in [-0.25, -0.2) is 14.5 Å².